The third-order valence-electron chi connectivity index (χ3n) is 4.91. The van der Waals surface area contributed by atoms with Crippen LogP contribution in [0.15, 0.2) is 18.3 Å². The minimum absolute atomic E-state index is 0.00829. The van der Waals surface area contributed by atoms with Crippen molar-refractivity contribution in [2.75, 3.05) is 5.32 Å². The van der Waals surface area contributed by atoms with Gasteiger partial charge in [-0.2, -0.15) is 10.2 Å². The number of pyridine rings is 1. The van der Waals surface area contributed by atoms with Gasteiger partial charge in [-0.15, -0.1) is 11.3 Å². The molecule has 0 saturated heterocycles. The standard InChI is InChI=1S/C20H19F2N7O2S/c1-8-5-13(29(4)26-8)19(31)25-15-14-10(11-7-28(3)27-9(11)2)6-12(17(21)22)24-20(14)32-16(15)18(23)30/h5-7,17H,1-4H3,(H2,23,30)(H,25,31). The summed E-state index contributed by atoms with van der Waals surface area (Å²) < 4.78 is 30.1. The monoisotopic (exact) mass is 459 g/mol. The van der Waals surface area contributed by atoms with Gasteiger partial charge < -0.3 is 11.1 Å². The van der Waals surface area contributed by atoms with Gasteiger partial charge in [0, 0.05) is 31.2 Å². The van der Waals surface area contributed by atoms with Crippen molar-refractivity contribution in [1.82, 2.24) is 24.5 Å². The second kappa shape index (κ2) is 7.79. The summed E-state index contributed by atoms with van der Waals surface area (Å²) in [5, 5.41) is 11.5. The Balaban J connectivity index is 1.99. The predicted octanol–water partition coefficient (Wildman–Crippen LogP) is 3.34. The van der Waals surface area contributed by atoms with E-state index in [4.69, 9.17) is 5.73 Å². The molecule has 0 aliphatic heterocycles. The number of alkyl halides is 2. The van der Waals surface area contributed by atoms with Crippen LogP contribution in [0.5, 0.6) is 0 Å². The number of aryl methyl sites for hydroxylation is 4. The lowest BCUT2D eigenvalue weighted by molar-refractivity contribution is 0.100. The number of nitrogens with two attached hydrogens (primary N) is 1. The molecule has 0 fully saturated rings. The van der Waals surface area contributed by atoms with Crippen LogP contribution < -0.4 is 11.1 Å². The van der Waals surface area contributed by atoms with E-state index in [1.807, 2.05) is 0 Å². The van der Waals surface area contributed by atoms with Gasteiger partial charge in [-0.25, -0.2) is 13.8 Å². The SMILES string of the molecule is Cc1cc(C(=O)Nc2c(C(N)=O)sc3nc(C(F)F)cc(-c4cn(C)nc4C)c23)n(C)n1. The number of aromatic nitrogens is 5. The van der Waals surface area contributed by atoms with Gasteiger partial charge in [0.05, 0.1) is 17.1 Å². The first-order chi connectivity index (χ1) is 15.1. The number of hydrogen-bond acceptors (Lipinski definition) is 6. The maximum Gasteiger partial charge on any atom is 0.280 e. The molecule has 0 aliphatic carbocycles. The normalized spacial score (nSPS) is 11.5. The smallest absolute Gasteiger partial charge is 0.280 e. The number of halogens is 2. The van der Waals surface area contributed by atoms with E-state index < -0.39 is 23.9 Å². The lowest BCUT2D eigenvalue weighted by Crippen LogP contribution is -2.19. The first-order valence-corrected chi connectivity index (χ1v) is 10.3. The summed E-state index contributed by atoms with van der Waals surface area (Å²) >= 11 is 0.848. The average molecular weight is 459 g/mol. The van der Waals surface area contributed by atoms with Crippen molar-refractivity contribution in [3.63, 3.8) is 0 Å². The molecule has 9 nitrogen and oxygen atoms in total. The van der Waals surface area contributed by atoms with E-state index in [9.17, 15) is 18.4 Å². The van der Waals surface area contributed by atoms with Crippen LogP contribution in [-0.2, 0) is 14.1 Å². The largest absolute Gasteiger partial charge is 0.365 e. The molecule has 0 aromatic carbocycles. The van der Waals surface area contributed by atoms with Crippen LogP contribution in [0.2, 0.25) is 0 Å². The van der Waals surface area contributed by atoms with Gasteiger partial charge in [0.2, 0.25) is 0 Å². The van der Waals surface area contributed by atoms with E-state index in [2.05, 4.69) is 20.5 Å². The van der Waals surface area contributed by atoms with Crippen molar-refractivity contribution in [1.29, 1.82) is 0 Å². The van der Waals surface area contributed by atoms with Gasteiger partial charge in [-0.3, -0.25) is 19.0 Å². The Morgan fingerprint density at radius 3 is 2.41 bits per heavy atom. The molecule has 4 aromatic rings. The Labute approximate surface area is 184 Å². The van der Waals surface area contributed by atoms with E-state index in [1.54, 1.807) is 44.9 Å². The lowest BCUT2D eigenvalue weighted by Gasteiger charge is -2.10. The molecule has 0 unspecified atom stereocenters. The van der Waals surface area contributed by atoms with Crippen LogP contribution in [0.1, 0.15) is 43.7 Å². The van der Waals surface area contributed by atoms with E-state index in [1.165, 1.54) is 10.7 Å². The molecular formula is C20H19F2N7O2S. The van der Waals surface area contributed by atoms with Gasteiger partial charge in [-0.05, 0) is 31.5 Å². The van der Waals surface area contributed by atoms with Gasteiger partial charge in [0.15, 0.2) is 0 Å². The van der Waals surface area contributed by atoms with E-state index in [-0.39, 0.29) is 21.1 Å². The summed E-state index contributed by atoms with van der Waals surface area (Å²) in [5.41, 5.74) is 7.65. The number of nitrogens with one attached hydrogen (secondary N) is 1. The summed E-state index contributed by atoms with van der Waals surface area (Å²) in [7, 11) is 3.32. The van der Waals surface area contributed by atoms with E-state index in [0.717, 1.165) is 11.3 Å². The molecule has 32 heavy (non-hydrogen) atoms. The Bertz CT molecular complexity index is 1390. The van der Waals surface area contributed by atoms with Crippen molar-refractivity contribution in [3.05, 3.63) is 46.0 Å². The molecule has 0 atom stereocenters. The number of anilines is 1. The number of rotatable bonds is 5. The van der Waals surface area contributed by atoms with Gasteiger partial charge >= 0.3 is 0 Å². The summed E-state index contributed by atoms with van der Waals surface area (Å²) in [6, 6.07) is 2.84. The van der Waals surface area contributed by atoms with E-state index in [0.29, 0.717) is 27.9 Å². The Hall–Kier alpha value is -3.67. The molecule has 166 valence electrons. The highest BCUT2D eigenvalue weighted by atomic mass is 32.1. The quantitative estimate of drug-likeness (QED) is 0.474. The highest BCUT2D eigenvalue weighted by Gasteiger charge is 2.26. The van der Waals surface area contributed by atoms with Crippen LogP contribution in [0.3, 0.4) is 0 Å². The maximum absolute atomic E-state index is 13.6. The fraction of sp³-hybridized carbons (Fsp3) is 0.250. The number of fused-ring (bicyclic) bond motifs is 1. The second-order valence-electron chi connectivity index (χ2n) is 7.30. The summed E-state index contributed by atoms with van der Waals surface area (Å²) in [4.78, 5) is 29.4. The summed E-state index contributed by atoms with van der Waals surface area (Å²) in [5.74, 6) is -1.33. The van der Waals surface area contributed by atoms with Crippen LogP contribution in [0, 0.1) is 13.8 Å². The molecule has 0 radical (unpaired) electrons. The van der Waals surface area contributed by atoms with Crippen LogP contribution >= 0.6 is 11.3 Å². The fourth-order valence-electron chi connectivity index (χ4n) is 3.60. The fourth-order valence-corrected chi connectivity index (χ4v) is 4.61. The zero-order valence-electron chi connectivity index (χ0n) is 17.6. The minimum atomic E-state index is -2.83. The number of carbonyl (C=O) groups excluding carboxylic acids is 2. The number of carbonyl (C=O) groups is 2. The third kappa shape index (κ3) is 3.62. The molecule has 0 spiro atoms. The molecule has 0 bridgehead atoms. The molecule has 4 aromatic heterocycles. The highest BCUT2D eigenvalue weighted by molar-refractivity contribution is 7.21. The number of nitrogens with zero attached hydrogens (tertiary/aromatic N) is 5. The van der Waals surface area contributed by atoms with Crippen molar-refractivity contribution >= 4 is 39.1 Å². The maximum atomic E-state index is 13.6. The number of amides is 2. The Kier molecular flexibility index (Phi) is 5.25. The molecule has 0 saturated carbocycles. The zero-order valence-corrected chi connectivity index (χ0v) is 18.4. The third-order valence-corrected chi connectivity index (χ3v) is 6.00. The average Bonchev–Trinajstić information content (AvgIpc) is 3.35. The number of hydrogen-bond donors (Lipinski definition) is 2. The first-order valence-electron chi connectivity index (χ1n) is 9.44. The molecule has 3 N–H and O–H groups in total. The zero-order chi connectivity index (χ0) is 23.3. The van der Waals surface area contributed by atoms with Gasteiger partial charge in [0.25, 0.3) is 18.2 Å². The van der Waals surface area contributed by atoms with Crippen LogP contribution in [0.25, 0.3) is 21.3 Å². The van der Waals surface area contributed by atoms with Gasteiger partial charge in [-0.1, -0.05) is 0 Å². The molecule has 0 aliphatic rings. The molecule has 4 rings (SSSR count). The molecule has 12 heteroatoms. The van der Waals surface area contributed by atoms with Crippen molar-refractivity contribution in [2.24, 2.45) is 19.8 Å². The molecule has 4 heterocycles. The minimum Gasteiger partial charge on any atom is -0.365 e. The van der Waals surface area contributed by atoms with Crippen molar-refractivity contribution in [2.45, 2.75) is 20.3 Å². The topological polar surface area (TPSA) is 121 Å². The molecular weight excluding hydrogens is 440 g/mol. The van der Waals surface area contributed by atoms with Gasteiger partial charge in [0.1, 0.15) is 21.1 Å². The lowest BCUT2D eigenvalue weighted by atomic mass is 10.0. The second-order valence-corrected chi connectivity index (χ2v) is 8.30. The first kappa shape index (κ1) is 21.6. The van der Waals surface area contributed by atoms with E-state index >= 15 is 0 Å². The van der Waals surface area contributed by atoms with Crippen molar-refractivity contribution < 1.29 is 18.4 Å². The Morgan fingerprint density at radius 1 is 1.16 bits per heavy atom. The molecule has 2 amide bonds. The van der Waals surface area contributed by atoms with Crippen LogP contribution in [-0.4, -0.2) is 36.4 Å². The predicted molar refractivity (Wildman–Crippen MR) is 116 cm³/mol. The Morgan fingerprint density at radius 2 is 1.88 bits per heavy atom. The highest BCUT2D eigenvalue weighted by Crippen LogP contribution is 2.43. The summed E-state index contributed by atoms with van der Waals surface area (Å²) in [6.45, 7) is 3.48. The van der Waals surface area contributed by atoms with Crippen molar-refractivity contribution in [3.8, 4) is 11.1 Å². The number of primary amides is 1. The summed E-state index contributed by atoms with van der Waals surface area (Å²) in [6.07, 6.45) is -1.15. The van der Waals surface area contributed by atoms with Crippen LogP contribution in [0.4, 0.5) is 14.5 Å². The number of thiophene rings is 1.